The third-order valence-corrected chi connectivity index (χ3v) is 4.85. The molecular weight excluding hydrogens is 418 g/mol. The number of H-pyrrole nitrogens is 2. The van der Waals surface area contributed by atoms with Gasteiger partial charge in [-0.15, -0.1) is 0 Å². The quantitative estimate of drug-likeness (QED) is 0.283. The first-order chi connectivity index (χ1) is 15.5. The van der Waals surface area contributed by atoms with Crippen molar-refractivity contribution < 1.29 is 19.5 Å². The van der Waals surface area contributed by atoms with Crippen LogP contribution in [-0.4, -0.2) is 43.5 Å². The van der Waals surface area contributed by atoms with Gasteiger partial charge in [0, 0.05) is 5.39 Å². The van der Waals surface area contributed by atoms with Gasteiger partial charge in [-0.05, 0) is 30.4 Å². The number of benzene rings is 2. The number of hydrogen-bond donors (Lipinski definition) is 3. The monoisotopic (exact) mass is 437 g/mol. The number of para-hydroxylation sites is 1. The van der Waals surface area contributed by atoms with Crippen LogP contribution in [-0.2, 0) is 6.54 Å². The molecule has 0 aliphatic rings. The Morgan fingerprint density at radius 3 is 2.78 bits per heavy atom. The smallest absolute Gasteiger partial charge is 0.328 e. The molecule has 32 heavy (non-hydrogen) atoms. The van der Waals surface area contributed by atoms with Crippen LogP contribution in [0.5, 0.6) is 17.4 Å². The Labute approximate surface area is 180 Å². The Kier molecular flexibility index (Phi) is 5.62. The van der Waals surface area contributed by atoms with Crippen molar-refractivity contribution in [1.82, 2.24) is 19.7 Å². The third kappa shape index (κ3) is 3.90. The zero-order valence-corrected chi connectivity index (χ0v) is 16.9. The maximum atomic E-state index is 11.8. The molecule has 0 saturated heterocycles. The van der Waals surface area contributed by atoms with Crippen LogP contribution in [0.1, 0.15) is 11.3 Å². The van der Waals surface area contributed by atoms with E-state index in [0.717, 1.165) is 21.7 Å². The molecule has 4 rings (SSSR count). The number of rotatable bonds is 8. The fourth-order valence-electron chi connectivity index (χ4n) is 3.33. The number of methoxy groups -OCH3 is 1. The summed E-state index contributed by atoms with van der Waals surface area (Å²) >= 11 is 0. The summed E-state index contributed by atoms with van der Waals surface area (Å²) in [5, 5.41) is 29.5. The molecule has 2 aromatic heterocycles. The first kappa shape index (κ1) is 20.7. The Morgan fingerprint density at radius 2 is 2.06 bits per heavy atom. The fourth-order valence-corrected chi connectivity index (χ4v) is 3.33. The lowest BCUT2D eigenvalue weighted by Crippen LogP contribution is -2.20. The van der Waals surface area contributed by atoms with Crippen LogP contribution in [0.15, 0.2) is 47.4 Å². The standard InChI is InChI=1S/C21H19N5O6/c1-31-20-17(32-11-10-25-18(27)12-22-21(25)28)9-7-13(19(20)26(29)30)6-8-16-14-4-2-3-5-15(14)23-24-16/h2-9,12,27H,10-11H2,1H3,(H,22,28)(H,23,24). The molecular formula is C21H19N5O6. The summed E-state index contributed by atoms with van der Waals surface area (Å²) in [6.07, 6.45) is 4.43. The van der Waals surface area contributed by atoms with Crippen molar-refractivity contribution in [3.8, 4) is 17.4 Å². The summed E-state index contributed by atoms with van der Waals surface area (Å²) in [5.74, 6) is -0.137. The Balaban J connectivity index is 1.61. The number of aromatic amines is 2. The van der Waals surface area contributed by atoms with Crippen LogP contribution in [0.2, 0.25) is 0 Å². The van der Waals surface area contributed by atoms with Crippen LogP contribution in [0.4, 0.5) is 5.69 Å². The lowest BCUT2D eigenvalue weighted by Gasteiger charge is -2.12. The number of imidazole rings is 1. The maximum Gasteiger partial charge on any atom is 0.328 e. The third-order valence-electron chi connectivity index (χ3n) is 4.85. The summed E-state index contributed by atoms with van der Waals surface area (Å²) in [6.45, 7) is 0.0201. The zero-order valence-electron chi connectivity index (χ0n) is 16.9. The zero-order chi connectivity index (χ0) is 22.7. The van der Waals surface area contributed by atoms with Crippen molar-refractivity contribution in [2.45, 2.75) is 6.54 Å². The van der Waals surface area contributed by atoms with E-state index in [0.29, 0.717) is 11.3 Å². The molecule has 0 bridgehead atoms. The van der Waals surface area contributed by atoms with E-state index in [9.17, 15) is 20.0 Å². The number of aromatic hydroxyl groups is 1. The van der Waals surface area contributed by atoms with E-state index >= 15 is 0 Å². The molecule has 0 aliphatic heterocycles. The van der Waals surface area contributed by atoms with Crippen LogP contribution < -0.4 is 15.2 Å². The van der Waals surface area contributed by atoms with Gasteiger partial charge in [-0.3, -0.25) is 19.8 Å². The van der Waals surface area contributed by atoms with E-state index in [4.69, 9.17) is 9.47 Å². The van der Waals surface area contributed by atoms with E-state index in [-0.39, 0.29) is 36.2 Å². The second-order valence-corrected chi connectivity index (χ2v) is 6.73. The molecule has 11 nitrogen and oxygen atoms in total. The normalized spacial score (nSPS) is 11.3. The number of ether oxygens (including phenoxy) is 2. The predicted octanol–water partition coefficient (Wildman–Crippen LogP) is 2.92. The molecule has 0 aliphatic carbocycles. The van der Waals surface area contributed by atoms with Crippen LogP contribution >= 0.6 is 0 Å². The van der Waals surface area contributed by atoms with E-state index < -0.39 is 10.6 Å². The molecule has 11 heteroatoms. The van der Waals surface area contributed by atoms with Crippen molar-refractivity contribution in [1.29, 1.82) is 0 Å². The number of aromatic nitrogens is 4. The number of nitrogens with one attached hydrogen (secondary N) is 2. The average Bonchev–Trinajstić information content (AvgIpc) is 3.35. The first-order valence-corrected chi connectivity index (χ1v) is 9.56. The van der Waals surface area contributed by atoms with E-state index in [1.165, 1.54) is 7.11 Å². The molecule has 0 spiro atoms. The van der Waals surface area contributed by atoms with Crippen molar-refractivity contribution >= 4 is 28.7 Å². The maximum absolute atomic E-state index is 11.8. The second kappa shape index (κ2) is 8.68. The van der Waals surface area contributed by atoms with Gasteiger partial charge in [-0.25, -0.2) is 4.79 Å². The lowest BCUT2D eigenvalue weighted by molar-refractivity contribution is -0.386. The van der Waals surface area contributed by atoms with Gasteiger partial charge in [-0.1, -0.05) is 18.2 Å². The largest absolute Gasteiger partial charge is 0.493 e. The molecule has 2 heterocycles. The molecule has 0 fully saturated rings. The molecule has 0 unspecified atom stereocenters. The second-order valence-electron chi connectivity index (χ2n) is 6.73. The van der Waals surface area contributed by atoms with Gasteiger partial charge >= 0.3 is 11.4 Å². The van der Waals surface area contributed by atoms with Gasteiger partial charge in [0.05, 0.1) is 41.5 Å². The SMILES string of the molecule is COc1c(OCCn2c(O)c[nH]c2=O)ccc(C=Cc2n[nH]c3ccccc23)c1[N+](=O)[O-]. The summed E-state index contributed by atoms with van der Waals surface area (Å²) < 4.78 is 12.0. The molecule has 164 valence electrons. The summed E-state index contributed by atoms with van der Waals surface area (Å²) in [5.41, 5.74) is 1.06. The minimum Gasteiger partial charge on any atom is -0.493 e. The highest BCUT2D eigenvalue weighted by atomic mass is 16.6. The molecule has 3 N–H and O–H groups in total. The van der Waals surface area contributed by atoms with Crippen LogP contribution in [0, 0.1) is 10.1 Å². The summed E-state index contributed by atoms with van der Waals surface area (Å²) in [7, 11) is 1.31. The number of nitro groups is 1. The van der Waals surface area contributed by atoms with Gasteiger partial charge in [0.1, 0.15) is 6.61 Å². The van der Waals surface area contributed by atoms with Crippen molar-refractivity contribution in [2.24, 2.45) is 0 Å². The van der Waals surface area contributed by atoms with Gasteiger partial charge < -0.3 is 19.6 Å². The minimum absolute atomic E-state index is 0.0206. The Morgan fingerprint density at radius 1 is 1.25 bits per heavy atom. The van der Waals surface area contributed by atoms with E-state index in [1.54, 1.807) is 24.3 Å². The number of fused-ring (bicyclic) bond motifs is 1. The number of nitro benzene ring substituents is 1. The predicted molar refractivity (Wildman–Crippen MR) is 117 cm³/mol. The molecule has 0 radical (unpaired) electrons. The average molecular weight is 437 g/mol. The fraction of sp³-hybridized carbons (Fsp3) is 0.143. The topological polar surface area (TPSA) is 148 Å². The molecule has 4 aromatic rings. The minimum atomic E-state index is -0.545. The Bertz CT molecular complexity index is 1370. The van der Waals surface area contributed by atoms with Crippen LogP contribution in [0.25, 0.3) is 23.1 Å². The Hall–Kier alpha value is -4.54. The van der Waals surface area contributed by atoms with Crippen molar-refractivity contribution in [3.63, 3.8) is 0 Å². The highest BCUT2D eigenvalue weighted by Gasteiger charge is 2.24. The van der Waals surface area contributed by atoms with Crippen molar-refractivity contribution in [3.05, 3.63) is 74.5 Å². The highest BCUT2D eigenvalue weighted by Crippen LogP contribution is 2.40. The summed E-state index contributed by atoms with van der Waals surface area (Å²) in [6, 6.07) is 10.6. The highest BCUT2D eigenvalue weighted by molar-refractivity contribution is 5.90. The molecule has 0 atom stereocenters. The first-order valence-electron chi connectivity index (χ1n) is 9.56. The number of nitrogens with zero attached hydrogens (tertiary/aromatic N) is 3. The van der Waals surface area contributed by atoms with E-state index in [2.05, 4.69) is 15.2 Å². The van der Waals surface area contributed by atoms with Gasteiger partial charge in [-0.2, -0.15) is 5.10 Å². The van der Waals surface area contributed by atoms with Gasteiger partial charge in [0.2, 0.25) is 11.6 Å². The van der Waals surface area contributed by atoms with Gasteiger partial charge in [0.15, 0.2) is 5.75 Å². The molecule has 2 aromatic carbocycles. The summed E-state index contributed by atoms with van der Waals surface area (Å²) in [4.78, 5) is 25.2. The number of hydrogen-bond acceptors (Lipinski definition) is 7. The van der Waals surface area contributed by atoms with Gasteiger partial charge in [0.25, 0.3) is 0 Å². The van der Waals surface area contributed by atoms with E-state index in [1.807, 2.05) is 24.3 Å². The van der Waals surface area contributed by atoms with Crippen molar-refractivity contribution in [2.75, 3.05) is 13.7 Å². The molecule has 0 amide bonds. The lowest BCUT2D eigenvalue weighted by atomic mass is 10.1. The molecule has 0 saturated carbocycles. The van der Waals surface area contributed by atoms with Crippen LogP contribution in [0.3, 0.4) is 0 Å².